The highest BCUT2D eigenvalue weighted by Gasteiger charge is 2.18. The molecule has 0 radical (unpaired) electrons. The summed E-state index contributed by atoms with van der Waals surface area (Å²) in [6.07, 6.45) is 5.70. The summed E-state index contributed by atoms with van der Waals surface area (Å²) in [5, 5.41) is 0. The fraction of sp³-hybridized carbons (Fsp3) is 0.636. The number of aromatic nitrogens is 1. The fourth-order valence-corrected chi connectivity index (χ4v) is 2.08. The molecule has 1 aliphatic rings. The van der Waals surface area contributed by atoms with Crippen LogP contribution < -0.4 is 0 Å². The summed E-state index contributed by atoms with van der Waals surface area (Å²) in [5.74, 6) is 0.892. The summed E-state index contributed by atoms with van der Waals surface area (Å²) in [6, 6.07) is 2.21. The minimum atomic E-state index is 0.892. The summed E-state index contributed by atoms with van der Waals surface area (Å²) >= 11 is 0. The van der Waals surface area contributed by atoms with Crippen LogP contribution in [0.4, 0.5) is 0 Å². The molecule has 13 heavy (non-hydrogen) atoms. The zero-order valence-corrected chi connectivity index (χ0v) is 8.53. The average molecular weight is 178 g/mol. The first-order valence-electron chi connectivity index (χ1n) is 5.07. The lowest BCUT2D eigenvalue weighted by molar-refractivity contribution is 0.320. The smallest absolute Gasteiger partial charge is 0.0248 e. The summed E-state index contributed by atoms with van der Waals surface area (Å²) < 4.78 is 2.12. The van der Waals surface area contributed by atoms with Gasteiger partial charge in [-0.3, -0.25) is 4.90 Å². The van der Waals surface area contributed by atoms with Gasteiger partial charge in [0.2, 0.25) is 0 Å². The minimum absolute atomic E-state index is 0.892. The molecule has 1 fully saturated rings. The zero-order valence-electron chi connectivity index (χ0n) is 8.53. The maximum Gasteiger partial charge on any atom is 0.0248 e. The third kappa shape index (κ3) is 2.13. The van der Waals surface area contributed by atoms with Crippen molar-refractivity contribution in [1.82, 2.24) is 9.47 Å². The number of hydrogen-bond acceptors (Lipinski definition) is 1. The monoisotopic (exact) mass is 178 g/mol. The van der Waals surface area contributed by atoms with Gasteiger partial charge in [0, 0.05) is 32.5 Å². The van der Waals surface area contributed by atoms with Crippen molar-refractivity contribution in [2.45, 2.75) is 19.9 Å². The molecule has 1 aromatic rings. The lowest BCUT2D eigenvalue weighted by Gasteiger charge is -2.13. The van der Waals surface area contributed by atoms with Gasteiger partial charge in [-0.15, -0.1) is 0 Å². The van der Waals surface area contributed by atoms with Crippen molar-refractivity contribution in [2.75, 3.05) is 13.1 Å². The van der Waals surface area contributed by atoms with E-state index in [9.17, 15) is 0 Å². The number of aryl methyl sites for hydroxylation is 1. The van der Waals surface area contributed by atoms with E-state index in [1.54, 1.807) is 0 Å². The van der Waals surface area contributed by atoms with Crippen LogP contribution in [0.2, 0.25) is 0 Å². The Balaban J connectivity index is 1.91. The molecule has 1 atom stereocenters. The standard InChI is InChI=1S/C11H18N2/c1-10-3-6-13(7-10)9-11-4-5-12(2)8-11/h4-5,8,10H,3,6-7,9H2,1-2H3. The molecule has 1 aliphatic heterocycles. The number of likely N-dealkylation sites (tertiary alicyclic amines) is 1. The first-order valence-corrected chi connectivity index (χ1v) is 5.07. The van der Waals surface area contributed by atoms with Crippen LogP contribution >= 0.6 is 0 Å². The van der Waals surface area contributed by atoms with Crippen LogP contribution in [0.1, 0.15) is 18.9 Å². The largest absolute Gasteiger partial charge is 0.357 e. The topological polar surface area (TPSA) is 8.17 Å². The Morgan fingerprint density at radius 3 is 2.92 bits per heavy atom. The van der Waals surface area contributed by atoms with Crippen molar-refractivity contribution < 1.29 is 0 Å². The van der Waals surface area contributed by atoms with Gasteiger partial charge in [0.25, 0.3) is 0 Å². The maximum absolute atomic E-state index is 2.54. The second-order valence-corrected chi connectivity index (χ2v) is 4.31. The SMILES string of the molecule is CC1CCN(Cc2ccn(C)c2)C1. The zero-order chi connectivity index (χ0) is 9.26. The number of hydrogen-bond donors (Lipinski definition) is 0. The molecule has 0 aliphatic carbocycles. The maximum atomic E-state index is 2.54. The molecule has 1 unspecified atom stereocenters. The quantitative estimate of drug-likeness (QED) is 0.671. The van der Waals surface area contributed by atoms with Crippen molar-refractivity contribution >= 4 is 0 Å². The molecule has 2 rings (SSSR count). The third-order valence-electron chi connectivity index (χ3n) is 2.81. The molecule has 1 saturated heterocycles. The van der Waals surface area contributed by atoms with Crippen molar-refractivity contribution in [2.24, 2.45) is 13.0 Å². The van der Waals surface area contributed by atoms with E-state index in [1.807, 2.05) is 0 Å². The van der Waals surface area contributed by atoms with Gasteiger partial charge in [-0.2, -0.15) is 0 Å². The third-order valence-corrected chi connectivity index (χ3v) is 2.81. The van der Waals surface area contributed by atoms with Crippen LogP contribution in [0.5, 0.6) is 0 Å². The number of rotatable bonds is 2. The predicted molar refractivity (Wildman–Crippen MR) is 54.5 cm³/mol. The Morgan fingerprint density at radius 2 is 2.38 bits per heavy atom. The molecule has 2 heterocycles. The molecule has 2 nitrogen and oxygen atoms in total. The molecule has 0 saturated carbocycles. The molecule has 2 heteroatoms. The fourth-order valence-electron chi connectivity index (χ4n) is 2.08. The highest BCUT2D eigenvalue weighted by molar-refractivity contribution is 5.09. The molecule has 72 valence electrons. The van der Waals surface area contributed by atoms with Crippen LogP contribution in [0.25, 0.3) is 0 Å². The molecule has 0 bridgehead atoms. The highest BCUT2D eigenvalue weighted by atomic mass is 15.1. The Morgan fingerprint density at radius 1 is 1.54 bits per heavy atom. The van der Waals surface area contributed by atoms with E-state index in [1.165, 1.54) is 25.1 Å². The van der Waals surface area contributed by atoms with Gasteiger partial charge in [0.05, 0.1) is 0 Å². The minimum Gasteiger partial charge on any atom is -0.357 e. The van der Waals surface area contributed by atoms with E-state index < -0.39 is 0 Å². The van der Waals surface area contributed by atoms with Crippen LogP contribution in [-0.4, -0.2) is 22.6 Å². The Labute approximate surface area is 80.2 Å². The van der Waals surface area contributed by atoms with Gasteiger partial charge < -0.3 is 4.57 Å². The second-order valence-electron chi connectivity index (χ2n) is 4.31. The number of nitrogens with zero attached hydrogens (tertiary/aromatic N) is 2. The normalized spacial score (nSPS) is 24.0. The van der Waals surface area contributed by atoms with Crippen LogP contribution in [0, 0.1) is 5.92 Å². The average Bonchev–Trinajstić information content (AvgIpc) is 2.62. The van der Waals surface area contributed by atoms with E-state index in [0.717, 1.165) is 12.5 Å². The molecular formula is C11H18N2. The van der Waals surface area contributed by atoms with Gasteiger partial charge in [0.15, 0.2) is 0 Å². The van der Waals surface area contributed by atoms with Crippen LogP contribution in [0.15, 0.2) is 18.5 Å². The van der Waals surface area contributed by atoms with Crippen LogP contribution in [-0.2, 0) is 13.6 Å². The Kier molecular flexibility index (Phi) is 2.40. The second kappa shape index (κ2) is 3.54. The highest BCUT2D eigenvalue weighted by Crippen LogP contribution is 2.17. The molecule has 0 amide bonds. The van der Waals surface area contributed by atoms with E-state index in [2.05, 4.69) is 41.9 Å². The van der Waals surface area contributed by atoms with Gasteiger partial charge in [-0.25, -0.2) is 0 Å². The van der Waals surface area contributed by atoms with E-state index in [0.29, 0.717) is 0 Å². The molecule has 0 N–H and O–H groups in total. The molecule has 0 spiro atoms. The Bertz CT molecular complexity index is 277. The molecule has 1 aromatic heterocycles. The van der Waals surface area contributed by atoms with Gasteiger partial charge >= 0.3 is 0 Å². The Hall–Kier alpha value is -0.760. The summed E-state index contributed by atoms with van der Waals surface area (Å²) in [7, 11) is 2.08. The van der Waals surface area contributed by atoms with E-state index in [-0.39, 0.29) is 0 Å². The van der Waals surface area contributed by atoms with Crippen molar-refractivity contribution in [1.29, 1.82) is 0 Å². The summed E-state index contributed by atoms with van der Waals surface area (Å²) in [6.45, 7) is 6.02. The van der Waals surface area contributed by atoms with E-state index >= 15 is 0 Å². The van der Waals surface area contributed by atoms with Gasteiger partial charge in [0.1, 0.15) is 0 Å². The lowest BCUT2D eigenvalue weighted by atomic mass is 10.2. The molecular weight excluding hydrogens is 160 g/mol. The van der Waals surface area contributed by atoms with Crippen molar-refractivity contribution in [3.05, 3.63) is 24.0 Å². The molecule has 0 aromatic carbocycles. The summed E-state index contributed by atoms with van der Waals surface area (Å²) in [4.78, 5) is 2.54. The first kappa shape index (κ1) is 8.82. The van der Waals surface area contributed by atoms with E-state index in [4.69, 9.17) is 0 Å². The van der Waals surface area contributed by atoms with Gasteiger partial charge in [-0.1, -0.05) is 6.92 Å². The summed E-state index contributed by atoms with van der Waals surface area (Å²) in [5.41, 5.74) is 1.44. The van der Waals surface area contributed by atoms with Crippen molar-refractivity contribution in [3.8, 4) is 0 Å². The van der Waals surface area contributed by atoms with Crippen LogP contribution in [0.3, 0.4) is 0 Å². The first-order chi connectivity index (χ1) is 6.24. The predicted octanol–water partition coefficient (Wildman–Crippen LogP) is 1.87. The van der Waals surface area contributed by atoms with Crippen molar-refractivity contribution in [3.63, 3.8) is 0 Å². The lowest BCUT2D eigenvalue weighted by Crippen LogP contribution is -2.19. The van der Waals surface area contributed by atoms with Gasteiger partial charge in [-0.05, 0) is 30.5 Å².